The van der Waals surface area contributed by atoms with Gasteiger partial charge in [-0.1, -0.05) is 19.0 Å². The average molecular weight is 188 g/mol. The molecule has 0 aliphatic carbocycles. The van der Waals surface area contributed by atoms with Crippen LogP contribution < -0.4 is 10.2 Å². The third-order valence-electron chi connectivity index (χ3n) is 1.55. The van der Waals surface area contributed by atoms with Crippen LogP contribution in [-0.4, -0.2) is 24.2 Å². The molecule has 70 valence electrons. The molecular formula is C9H13BO3. The first-order valence-corrected chi connectivity index (χ1v) is 3.45. The largest absolute Gasteiger partial charge is 0.497 e. The number of aryl methyl sites for hydroxylation is 1. The van der Waals surface area contributed by atoms with Gasteiger partial charge in [0.2, 0.25) is 0 Å². The summed E-state index contributed by atoms with van der Waals surface area (Å²) in [5.74, 6) is -0.518. The maximum absolute atomic E-state index is 9.14. The number of benzene rings is 1. The van der Waals surface area contributed by atoms with E-state index in [1.165, 1.54) is 0 Å². The molecule has 0 atom stereocenters. The third kappa shape index (κ3) is 2.23. The van der Waals surface area contributed by atoms with E-state index in [1.54, 1.807) is 0 Å². The highest BCUT2D eigenvalue weighted by Crippen LogP contribution is 2.11. The highest BCUT2D eigenvalue weighted by molar-refractivity contribution is 6.59. The average Bonchev–Trinajstić information content (AvgIpc) is 2.24. The van der Waals surface area contributed by atoms with Crippen LogP contribution >= 0.6 is 0 Å². The molecule has 0 aromatic heterocycles. The van der Waals surface area contributed by atoms with Gasteiger partial charge in [0.25, 0.3) is 0 Å². The van der Waals surface area contributed by atoms with Gasteiger partial charge in [-0.2, -0.15) is 0 Å². The van der Waals surface area contributed by atoms with Crippen molar-refractivity contribution in [1.29, 1.82) is 0 Å². The maximum Gasteiger partial charge on any atom is 0.492 e. The molecule has 3 nitrogen and oxygen atoms in total. The summed E-state index contributed by atoms with van der Waals surface area (Å²) in [6.07, 6.45) is -2.75. The lowest BCUT2D eigenvalue weighted by Crippen LogP contribution is -2.31. The van der Waals surface area contributed by atoms with Gasteiger partial charge in [0.05, 0.1) is 11.2 Å². The fourth-order valence-electron chi connectivity index (χ4n) is 0.914. The Kier molecular flexibility index (Phi) is 1.20. The van der Waals surface area contributed by atoms with Crippen molar-refractivity contribution in [2.24, 2.45) is 0 Å². The molecule has 0 radical (unpaired) electrons. The Balaban J connectivity index is 3.37. The second-order valence-electron chi connectivity index (χ2n) is 2.35. The van der Waals surface area contributed by atoms with E-state index in [0.717, 1.165) is 18.2 Å². The summed E-state index contributed by atoms with van der Waals surface area (Å²) in [5.41, 5.74) is -0.664. The summed E-state index contributed by atoms with van der Waals surface area (Å²) in [4.78, 5) is 0. The zero-order chi connectivity index (χ0) is 16.6. The third-order valence-corrected chi connectivity index (χ3v) is 1.55. The van der Waals surface area contributed by atoms with Crippen LogP contribution in [0.4, 0.5) is 0 Å². The fraction of sp³-hybridized carbons (Fsp3) is 0.333. The Labute approximate surface area is 89.4 Å². The summed E-state index contributed by atoms with van der Waals surface area (Å²) < 4.78 is 62.3. The first-order valence-electron chi connectivity index (χ1n) is 7.45. The standard InChI is InChI=1S/C9H13BO3/c1-3-7-4-5-8(10(11)12)9(6-7)13-2/h4-6,11-12H,3H2,1-2H3/i1D3,2D3,3D2. The number of ether oxygens (including phenoxy) is 1. The van der Waals surface area contributed by atoms with Crippen molar-refractivity contribution in [2.45, 2.75) is 13.2 Å². The quantitative estimate of drug-likeness (QED) is 0.653. The van der Waals surface area contributed by atoms with E-state index in [0.29, 0.717) is 0 Å². The SMILES string of the molecule is [2H]C([2H])([2H])Oc1cc(C([2H])([2H])C([2H])([2H])[2H])ccc1B(O)O. The van der Waals surface area contributed by atoms with E-state index in [2.05, 4.69) is 4.74 Å². The van der Waals surface area contributed by atoms with Gasteiger partial charge >= 0.3 is 7.12 Å². The molecule has 0 aliphatic rings. The zero-order valence-electron chi connectivity index (χ0n) is 14.6. The van der Waals surface area contributed by atoms with Gasteiger partial charge in [-0.3, -0.25) is 0 Å². The normalized spacial score (nSPS) is 22.0. The second-order valence-corrected chi connectivity index (χ2v) is 2.35. The summed E-state index contributed by atoms with van der Waals surface area (Å²) >= 11 is 0. The number of hydrogen-bond acceptors (Lipinski definition) is 3. The van der Waals surface area contributed by atoms with Gasteiger partial charge in [-0.05, 0) is 18.0 Å². The molecule has 1 rings (SSSR count). The molecule has 0 fully saturated rings. The van der Waals surface area contributed by atoms with E-state index >= 15 is 0 Å². The lowest BCUT2D eigenvalue weighted by atomic mass is 9.79. The molecule has 0 amide bonds. The van der Waals surface area contributed by atoms with Crippen LogP contribution in [-0.2, 0) is 6.37 Å². The first-order chi connectivity index (χ1) is 9.25. The molecular weight excluding hydrogens is 167 g/mol. The van der Waals surface area contributed by atoms with Crippen molar-refractivity contribution < 1.29 is 25.8 Å². The molecule has 2 N–H and O–H groups in total. The molecule has 0 unspecified atom stereocenters. The second kappa shape index (κ2) is 4.30. The highest BCUT2D eigenvalue weighted by Gasteiger charge is 2.16. The smallest absolute Gasteiger partial charge is 0.492 e. The van der Waals surface area contributed by atoms with Gasteiger partial charge in [-0.25, -0.2) is 0 Å². The summed E-state index contributed by atoms with van der Waals surface area (Å²) in [5, 5.41) is 18.3. The molecule has 1 aromatic carbocycles. The number of hydrogen-bond donors (Lipinski definition) is 2. The zero-order valence-corrected chi connectivity index (χ0v) is 6.61. The molecule has 4 heteroatoms. The number of methoxy groups -OCH3 is 1. The van der Waals surface area contributed by atoms with Gasteiger partial charge in [0.1, 0.15) is 5.75 Å². The minimum atomic E-state index is -2.98. The van der Waals surface area contributed by atoms with Gasteiger partial charge in [-0.15, -0.1) is 0 Å². The van der Waals surface area contributed by atoms with Crippen molar-refractivity contribution in [3.8, 4) is 5.75 Å². The summed E-state index contributed by atoms with van der Waals surface area (Å²) in [7, 11) is -4.95. The van der Waals surface area contributed by atoms with Crippen molar-refractivity contribution in [1.82, 2.24) is 0 Å². The molecule has 0 saturated carbocycles. The first kappa shape index (κ1) is 3.63. The molecule has 0 saturated heterocycles. The summed E-state index contributed by atoms with van der Waals surface area (Å²) in [6.45, 7) is -2.98. The van der Waals surface area contributed by atoms with E-state index < -0.39 is 33.1 Å². The van der Waals surface area contributed by atoms with Crippen molar-refractivity contribution >= 4 is 12.6 Å². The van der Waals surface area contributed by atoms with Crippen LogP contribution in [0, 0.1) is 0 Å². The van der Waals surface area contributed by atoms with Crippen molar-refractivity contribution in [3.63, 3.8) is 0 Å². The topological polar surface area (TPSA) is 49.7 Å². The predicted octanol–water partition coefficient (Wildman–Crippen LogP) is -0.0626. The number of rotatable bonds is 3. The van der Waals surface area contributed by atoms with E-state index in [9.17, 15) is 0 Å². The van der Waals surface area contributed by atoms with Crippen LogP contribution in [0.25, 0.3) is 0 Å². The van der Waals surface area contributed by atoms with Crippen LogP contribution in [0.1, 0.15) is 23.4 Å². The monoisotopic (exact) mass is 188 g/mol. The van der Waals surface area contributed by atoms with Gasteiger partial charge in [0, 0.05) is 12.3 Å². The van der Waals surface area contributed by atoms with Gasteiger partial charge in [0.15, 0.2) is 0 Å². The van der Waals surface area contributed by atoms with Crippen LogP contribution in [0.5, 0.6) is 5.75 Å². The van der Waals surface area contributed by atoms with E-state index in [1.807, 2.05) is 0 Å². The Morgan fingerprint density at radius 1 is 1.62 bits per heavy atom. The molecule has 0 bridgehead atoms. The van der Waals surface area contributed by atoms with E-state index in [4.69, 9.17) is 21.0 Å². The Bertz CT molecular complexity index is 511. The minimum Gasteiger partial charge on any atom is -0.497 e. The predicted molar refractivity (Wildman–Crippen MR) is 52.2 cm³/mol. The Hall–Kier alpha value is -0.995. The Morgan fingerprint density at radius 3 is 3.08 bits per heavy atom. The lowest BCUT2D eigenvalue weighted by molar-refractivity contribution is 0.403. The lowest BCUT2D eigenvalue weighted by Gasteiger charge is -2.08. The fourth-order valence-corrected chi connectivity index (χ4v) is 0.914. The van der Waals surface area contributed by atoms with Gasteiger partial charge < -0.3 is 14.8 Å². The van der Waals surface area contributed by atoms with Crippen LogP contribution in [0.15, 0.2) is 18.2 Å². The van der Waals surface area contributed by atoms with Crippen LogP contribution in [0.2, 0.25) is 0 Å². The van der Waals surface area contributed by atoms with Crippen molar-refractivity contribution in [2.75, 3.05) is 7.04 Å². The Morgan fingerprint density at radius 2 is 2.46 bits per heavy atom. The molecule has 0 aliphatic heterocycles. The summed E-state index contributed by atoms with van der Waals surface area (Å²) in [6, 6.07) is 2.88. The van der Waals surface area contributed by atoms with Crippen LogP contribution in [0.3, 0.4) is 0 Å². The molecule has 1 aromatic rings. The minimum absolute atomic E-state index is 0.309. The molecule has 0 spiro atoms. The molecule has 0 heterocycles. The molecule has 13 heavy (non-hydrogen) atoms. The van der Waals surface area contributed by atoms with E-state index in [-0.39, 0.29) is 11.0 Å². The maximum atomic E-state index is 9.14. The van der Waals surface area contributed by atoms with Crippen molar-refractivity contribution in [3.05, 3.63) is 23.8 Å². The highest BCUT2D eigenvalue weighted by atomic mass is 16.5.